The van der Waals surface area contributed by atoms with Gasteiger partial charge < -0.3 is 19.9 Å². The summed E-state index contributed by atoms with van der Waals surface area (Å²) in [7, 11) is 0. The third-order valence-electron chi connectivity index (χ3n) is 3.43. The molecule has 1 aliphatic rings. The second kappa shape index (κ2) is 7.40. The normalized spacial score (nSPS) is 23.8. The number of aliphatic hydroxyl groups is 1. The number of β-lactam (4-membered cyclic amide) rings is 1. The number of amides is 1. The zero-order valence-corrected chi connectivity index (χ0v) is 12.8. The van der Waals surface area contributed by atoms with Gasteiger partial charge >= 0.3 is 6.16 Å². The van der Waals surface area contributed by atoms with Crippen LogP contribution in [-0.4, -0.2) is 48.3 Å². The van der Waals surface area contributed by atoms with Crippen molar-refractivity contribution in [1.29, 1.82) is 0 Å². The minimum Gasteiger partial charge on any atom is -0.434 e. The molecule has 4 atom stereocenters. The van der Waals surface area contributed by atoms with Gasteiger partial charge in [0.25, 0.3) is 0 Å². The predicted molar refractivity (Wildman–Crippen MR) is 73.4 cm³/mol. The Morgan fingerprint density at radius 1 is 1.24 bits per heavy atom. The molecule has 7 heteroatoms. The molecule has 1 amide bonds. The van der Waals surface area contributed by atoms with Crippen molar-refractivity contribution in [3.8, 4) is 0 Å². The Morgan fingerprint density at radius 2 is 1.86 bits per heavy atom. The first-order valence-electron chi connectivity index (χ1n) is 7.04. The summed E-state index contributed by atoms with van der Waals surface area (Å²) in [6.45, 7) is 6.73. The van der Waals surface area contributed by atoms with E-state index in [0.29, 0.717) is 0 Å². The van der Waals surface area contributed by atoms with Gasteiger partial charge in [-0.05, 0) is 12.8 Å². The van der Waals surface area contributed by atoms with E-state index in [-0.39, 0.29) is 24.2 Å². The van der Waals surface area contributed by atoms with Crippen molar-refractivity contribution in [2.75, 3.05) is 13.2 Å². The standard InChI is InChI=1S/C14H23NO6/c1-7(2)5-20-14(19)21-6-10(17)8(3)12-11(9(4)16)13(18)15-12/h7-9,11-12,16H,5-6H2,1-4H3,(H,15,18)/t8-,9+,11+,12+/m0/s1. The first-order valence-corrected chi connectivity index (χ1v) is 7.04. The molecule has 0 bridgehead atoms. The summed E-state index contributed by atoms with van der Waals surface area (Å²) in [6, 6.07) is -0.430. The van der Waals surface area contributed by atoms with Crippen LogP contribution in [0.2, 0.25) is 0 Å². The lowest BCUT2D eigenvalue weighted by Crippen LogP contribution is -2.65. The van der Waals surface area contributed by atoms with Gasteiger partial charge in [0.15, 0.2) is 12.4 Å². The van der Waals surface area contributed by atoms with E-state index in [1.54, 1.807) is 6.92 Å². The van der Waals surface area contributed by atoms with Crippen molar-refractivity contribution < 1.29 is 29.0 Å². The number of ketones is 1. The van der Waals surface area contributed by atoms with Gasteiger partial charge in [-0.1, -0.05) is 20.8 Å². The first kappa shape index (κ1) is 17.4. The van der Waals surface area contributed by atoms with E-state index >= 15 is 0 Å². The van der Waals surface area contributed by atoms with Crippen LogP contribution in [0.25, 0.3) is 0 Å². The van der Waals surface area contributed by atoms with Crippen LogP contribution in [0.3, 0.4) is 0 Å². The van der Waals surface area contributed by atoms with E-state index in [2.05, 4.69) is 5.32 Å². The highest BCUT2D eigenvalue weighted by molar-refractivity contribution is 5.91. The third-order valence-corrected chi connectivity index (χ3v) is 3.43. The monoisotopic (exact) mass is 301 g/mol. The zero-order chi connectivity index (χ0) is 16.2. The number of carbonyl (C=O) groups excluding carboxylic acids is 3. The molecule has 21 heavy (non-hydrogen) atoms. The fourth-order valence-corrected chi connectivity index (χ4v) is 2.11. The molecule has 1 saturated heterocycles. The summed E-state index contributed by atoms with van der Waals surface area (Å²) in [6.07, 6.45) is -1.70. The number of ether oxygens (including phenoxy) is 2. The number of aliphatic hydroxyl groups excluding tert-OH is 1. The number of carbonyl (C=O) groups is 3. The molecule has 1 fully saturated rings. The summed E-state index contributed by atoms with van der Waals surface area (Å²) < 4.78 is 9.52. The average molecular weight is 301 g/mol. The zero-order valence-electron chi connectivity index (χ0n) is 12.8. The average Bonchev–Trinajstić information content (AvgIpc) is 2.37. The SMILES string of the molecule is CC(C)COC(=O)OCC(=O)[C@H](C)[C@H]1NC(=O)[C@@H]1[C@@H](C)O. The van der Waals surface area contributed by atoms with Crippen molar-refractivity contribution >= 4 is 17.8 Å². The van der Waals surface area contributed by atoms with E-state index in [1.165, 1.54) is 6.92 Å². The first-order chi connectivity index (χ1) is 9.73. The molecule has 0 radical (unpaired) electrons. The molecule has 1 aliphatic heterocycles. The van der Waals surface area contributed by atoms with Crippen LogP contribution in [0.4, 0.5) is 4.79 Å². The van der Waals surface area contributed by atoms with Crippen molar-refractivity contribution in [3.63, 3.8) is 0 Å². The summed E-state index contributed by atoms with van der Waals surface area (Å²) >= 11 is 0. The van der Waals surface area contributed by atoms with Crippen LogP contribution < -0.4 is 5.32 Å². The van der Waals surface area contributed by atoms with Crippen LogP contribution in [0.5, 0.6) is 0 Å². The summed E-state index contributed by atoms with van der Waals surface area (Å²) in [5.41, 5.74) is 0. The van der Waals surface area contributed by atoms with Crippen LogP contribution in [0, 0.1) is 17.8 Å². The minimum absolute atomic E-state index is 0.184. The lowest BCUT2D eigenvalue weighted by molar-refractivity contribution is -0.145. The number of nitrogens with one attached hydrogen (secondary N) is 1. The van der Waals surface area contributed by atoms with E-state index in [9.17, 15) is 19.5 Å². The predicted octanol–water partition coefficient (Wildman–Crippen LogP) is 0.496. The molecule has 7 nitrogen and oxygen atoms in total. The summed E-state index contributed by atoms with van der Waals surface area (Å²) in [5.74, 6) is -1.56. The second-order valence-electron chi connectivity index (χ2n) is 5.80. The van der Waals surface area contributed by atoms with Crippen molar-refractivity contribution in [2.45, 2.75) is 39.8 Å². The molecule has 1 rings (SSSR count). The molecule has 2 N–H and O–H groups in total. The fraction of sp³-hybridized carbons (Fsp3) is 0.786. The Hall–Kier alpha value is -1.63. The van der Waals surface area contributed by atoms with Gasteiger partial charge in [-0.3, -0.25) is 9.59 Å². The van der Waals surface area contributed by atoms with E-state index < -0.39 is 36.7 Å². The highest BCUT2D eigenvalue weighted by Crippen LogP contribution is 2.26. The topological polar surface area (TPSA) is 102 Å². The summed E-state index contributed by atoms with van der Waals surface area (Å²) in [4.78, 5) is 34.5. The molecule has 0 saturated carbocycles. The van der Waals surface area contributed by atoms with Gasteiger partial charge in [0.2, 0.25) is 5.91 Å². The molecule has 0 unspecified atom stereocenters. The molecule has 0 spiro atoms. The fourth-order valence-electron chi connectivity index (χ4n) is 2.11. The van der Waals surface area contributed by atoms with E-state index in [1.807, 2.05) is 13.8 Å². The van der Waals surface area contributed by atoms with Crippen LogP contribution in [0.15, 0.2) is 0 Å². The smallest absolute Gasteiger partial charge is 0.434 e. The largest absolute Gasteiger partial charge is 0.508 e. The second-order valence-corrected chi connectivity index (χ2v) is 5.80. The van der Waals surface area contributed by atoms with Crippen LogP contribution >= 0.6 is 0 Å². The lowest BCUT2D eigenvalue weighted by Gasteiger charge is -2.41. The van der Waals surface area contributed by atoms with Crippen molar-refractivity contribution in [2.24, 2.45) is 17.8 Å². The Balaban J connectivity index is 2.38. The van der Waals surface area contributed by atoms with Gasteiger partial charge in [-0.15, -0.1) is 0 Å². The van der Waals surface area contributed by atoms with Gasteiger partial charge in [0.1, 0.15) is 0 Å². The highest BCUT2D eigenvalue weighted by atomic mass is 16.7. The maximum Gasteiger partial charge on any atom is 0.508 e. The Bertz CT molecular complexity index is 406. The van der Waals surface area contributed by atoms with Crippen LogP contribution in [-0.2, 0) is 19.1 Å². The van der Waals surface area contributed by atoms with E-state index in [0.717, 1.165) is 0 Å². The van der Waals surface area contributed by atoms with E-state index in [4.69, 9.17) is 9.47 Å². The quantitative estimate of drug-likeness (QED) is 0.524. The number of hydrogen-bond acceptors (Lipinski definition) is 6. The maximum absolute atomic E-state index is 11.9. The molecule has 0 aliphatic carbocycles. The molecule has 0 aromatic heterocycles. The number of Topliss-reactive ketones (excluding diaryl/α,β-unsaturated/α-hetero) is 1. The highest BCUT2D eigenvalue weighted by Gasteiger charge is 2.47. The molecule has 0 aromatic rings. The Morgan fingerprint density at radius 3 is 2.33 bits per heavy atom. The van der Waals surface area contributed by atoms with Gasteiger partial charge in [0, 0.05) is 5.92 Å². The number of hydrogen-bond donors (Lipinski definition) is 2. The van der Waals surface area contributed by atoms with Gasteiger partial charge in [0.05, 0.1) is 24.7 Å². The third kappa shape index (κ3) is 4.70. The van der Waals surface area contributed by atoms with Crippen molar-refractivity contribution in [1.82, 2.24) is 5.32 Å². The molecular weight excluding hydrogens is 278 g/mol. The lowest BCUT2D eigenvalue weighted by atomic mass is 9.77. The molecule has 1 heterocycles. The maximum atomic E-state index is 11.9. The molecule has 0 aromatic carbocycles. The summed E-state index contributed by atoms with van der Waals surface area (Å²) in [5, 5.41) is 12.1. The van der Waals surface area contributed by atoms with Gasteiger partial charge in [-0.25, -0.2) is 4.79 Å². The Kier molecular flexibility index (Phi) is 6.14. The Labute approximate surface area is 124 Å². The van der Waals surface area contributed by atoms with Gasteiger partial charge in [-0.2, -0.15) is 0 Å². The molecule has 120 valence electrons. The molecular formula is C14H23NO6. The minimum atomic E-state index is -0.881. The number of rotatable bonds is 7. The van der Waals surface area contributed by atoms with Crippen molar-refractivity contribution in [3.05, 3.63) is 0 Å². The van der Waals surface area contributed by atoms with Crippen LogP contribution in [0.1, 0.15) is 27.7 Å².